The molecule has 1 aromatic rings. The molecule has 0 amide bonds. The van der Waals surface area contributed by atoms with E-state index in [1.165, 1.54) is 0 Å². The third-order valence-electron chi connectivity index (χ3n) is 1.37. The van der Waals surface area contributed by atoms with Gasteiger partial charge in [-0.2, -0.15) is 0 Å². The zero-order valence-electron chi connectivity index (χ0n) is 6.26. The Morgan fingerprint density at radius 1 is 1.33 bits per heavy atom. The molecule has 1 heterocycles. The maximum Gasteiger partial charge on any atom is 0.131 e. The molecular weight excluding hydrogens is 197 g/mol. The summed E-state index contributed by atoms with van der Waals surface area (Å²) in [6.45, 7) is 0. The van der Waals surface area contributed by atoms with Gasteiger partial charge in [-0.25, -0.2) is 4.98 Å². The first kappa shape index (κ1) is 9.49. The summed E-state index contributed by atoms with van der Waals surface area (Å²) in [5.74, 6) is 0. The number of aryl methyl sites for hydroxylation is 1. The molecule has 0 aliphatic rings. The van der Waals surface area contributed by atoms with Crippen LogP contribution < -0.4 is 0 Å². The molecule has 12 heavy (non-hydrogen) atoms. The summed E-state index contributed by atoms with van der Waals surface area (Å²) in [6.07, 6.45) is 2.00. The van der Waals surface area contributed by atoms with Gasteiger partial charge >= 0.3 is 0 Å². The molecule has 0 saturated carbocycles. The van der Waals surface area contributed by atoms with Crippen molar-refractivity contribution in [3.8, 4) is 0 Å². The maximum absolute atomic E-state index is 10.1. The molecule has 0 aliphatic carbocycles. The second kappa shape index (κ2) is 4.43. The van der Waals surface area contributed by atoms with Crippen LogP contribution in [0.3, 0.4) is 0 Å². The number of carbonyl (C=O) groups is 1. The highest BCUT2D eigenvalue weighted by atomic mass is 35.5. The molecule has 0 aliphatic heterocycles. The zero-order valence-corrected chi connectivity index (χ0v) is 7.77. The van der Waals surface area contributed by atoms with E-state index >= 15 is 0 Å². The molecule has 1 rings (SSSR count). The molecule has 0 fully saturated rings. The largest absolute Gasteiger partial charge is 0.303 e. The van der Waals surface area contributed by atoms with Gasteiger partial charge in [0.05, 0.1) is 0 Å². The van der Waals surface area contributed by atoms with Crippen molar-refractivity contribution >= 4 is 29.5 Å². The number of hydrogen-bond donors (Lipinski definition) is 0. The molecule has 0 aromatic carbocycles. The van der Waals surface area contributed by atoms with E-state index in [1.54, 1.807) is 12.1 Å². The third kappa shape index (κ3) is 2.80. The van der Waals surface area contributed by atoms with Crippen LogP contribution in [0, 0.1) is 0 Å². The summed E-state index contributed by atoms with van der Waals surface area (Å²) in [5, 5.41) is 0.729. The molecule has 4 heteroatoms. The Kier molecular flexibility index (Phi) is 3.50. The molecule has 0 N–H and O–H groups in total. The molecular formula is C8H7Cl2NO. The second-order valence-electron chi connectivity index (χ2n) is 2.33. The summed E-state index contributed by atoms with van der Waals surface area (Å²) >= 11 is 11.3. The Balaban J connectivity index is 2.78. The van der Waals surface area contributed by atoms with E-state index in [4.69, 9.17) is 23.2 Å². The molecule has 0 unspecified atom stereocenters. The molecule has 0 saturated heterocycles. The lowest BCUT2D eigenvalue weighted by atomic mass is 10.2. The van der Waals surface area contributed by atoms with Gasteiger partial charge in [0.15, 0.2) is 0 Å². The Morgan fingerprint density at radius 2 is 1.92 bits per heavy atom. The number of rotatable bonds is 3. The van der Waals surface area contributed by atoms with Gasteiger partial charge in [0, 0.05) is 6.42 Å². The van der Waals surface area contributed by atoms with Crippen molar-refractivity contribution in [3.05, 3.63) is 28.0 Å². The van der Waals surface area contributed by atoms with Crippen LogP contribution in [0.2, 0.25) is 10.3 Å². The topological polar surface area (TPSA) is 30.0 Å². The third-order valence-corrected chi connectivity index (χ3v) is 1.76. The molecule has 2 nitrogen and oxygen atoms in total. The predicted octanol–water partition coefficient (Wildman–Crippen LogP) is 2.52. The number of pyridine rings is 1. The number of carbonyl (C=O) groups excluding carboxylic acids is 1. The Labute approximate surface area is 80.5 Å². The minimum Gasteiger partial charge on any atom is -0.303 e. The predicted molar refractivity (Wildman–Crippen MR) is 48.6 cm³/mol. The fourth-order valence-electron chi connectivity index (χ4n) is 0.884. The highest BCUT2D eigenvalue weighted by Gasteiger charge is 1.98. The van der Waals surface area contributed by atoms with Crippen LogP contribution >= 0.6 is 23.2 Å². The van der Waals surface area contributed by atoms with Crippen molar-refractivity contribution in [2.45, 2.75) is 12.8 Å². The zero-order chi connectivity index (χ0) is 8.97. The van der Waals surface area contributed by atoms with Gasteiger partial charge in [-0.3, -0.25) is 0 Å². The van der Waals surface area contributed by atoms with Crippen LogP contribution in [0.15, 0.2) is 12.1 Å². The number of halogens is 2. The van der Waals surface area contributed by atoms with Crippen molar-refractivity contribution < 1.29 is 4.79 Å². The van der Waals surface area contributed by atoms with Gasteiger partial charge in [0.25, 0.3) is 0 Å². The fraction of sp³-hybridized carbons (Fsp3) is 0.250. The molecule has 0 spiro atoms. The summed E-state index contributed by atoms with van der Waals surface area (Å²) < 4.78 is 0. The van der Waals surface area contributed by atoms with E-state index in [0.29, 0.717) is 23.1 Å². The fourth-order valence-corrected chi connectivity index (χ4v) is 1.39. The van der Waals surface area contributed by atoms with Crippen LogP contribution in [0.4, 0.5) is 0 Å². The summed E-state index contributed by atoms with van der Waals surface area (Å²) in [6, 6.07) is 3.41. The average molecular weight is 204 g/mol. The van der Waals surface area contributed by atoms with Gasteiger partial charge in [0.2, 0.25) is 0 Å². The van der Waals surface area contributed by atoms with Crippen molar-refractivity contribution in [1.82, 2.24) is 4.98 Å². The minimum absolute atomic E-state index is 0.364. The lowest BCUT2D eigenvalue weighted by Gasteiger charge is -1.98. The van der Waals surface area contributed by atoms with E-state index in [-0.39, 0.29) is 0 Å². The Morgan fingerprint density at radius 3 is 2.42 bits per heavy atom. The smallest absolute Gasteiger partial charge is 0.131 e. The standard InChI is InChI=1S/C8H7Cl2NO/c9-7-4-6(2-1-3-12)5-8(10)11-7/h3-5H,1-2H2. The van der Waals surface area contributed by atoms with Crippen molar-refractivity contribution in [3.63, 3.8) is 0 Å². The van der Waals surface area contributed by atoms with E-state index in [2.05, 4.69) is 4.98 Å². The van der Waals surface area contributed by atoms with Crippen molar-refractivity contribution in [1.29, 1.82) is 0 Å². The van der Waals surface area contributed by atoms with Gasteiger partial charge in [-0.05, 0) is 24.1 Å². The van der Waals surface area contributed by atoms with E-state index in [1.807, 2.05) is 0 Å². The van der Waals surface area contributed by atoms with Gasteiger partial charge in [0.1, 0.15) is 16.6 Å². The summed E-state index contributed by atoms with van der Waals surface area (Å²) in [5.41, 5.74) is 0.937. The van der Waals surface area contributed by atoms with Crippen LogP contribution in [0.5, 0.6) is 0 Å². The normalized spacial score (nSPS) is 9.83. The first-order chi connectivity index (χ1) is 5.72. The van der Waals surface area contributed by atoms with Crippen LogP contribution in [0.25, 0.3) is 0 Å². The van der Waals surface area contributed by atoms with Crippen LogP contribution in [0.1, 0.15) is 12.0 Å². The van der Waals surface area contributed by atoms with E-state index in [9.17, 15) is 4.79 Å². The minimum atomic E-state index is 0.364. The first-order valence-corrected chi connectivity index (χ1v) is 4.23. The molecule has 1 aromatic heterocycles. The van der Waals surface area contributed by atoms with Crippen LogP contribution in [-0.2, 0) is 11.2 Å². The Bertz CT molecular complexity index is 268. The quantitative estimate of drug-likeness (QED) is 0.559. The maximum atomic E-state index is 10.1. The molecule has 0 bridgehead atoms. The molecule has 0 atom stereocenters. The van der Waals surface area contributed by atoms with Gasteiger partial charge < -0.3 is 4.79 Å². The molecule has 0 radical (unpaired) electrons. The number of hydrogen-bond acceptors (Lipinski definition) is 2. The monoisotopic (exact) mass is 203 g/mol. The number of aldehydes is 1. The SMILES string of the molecule is O=CCCc1cc(Cl)nc(Cl)c1. The van der Waals surface area contributed by atoms with Crippen molar-refractivity contribution in [2.75, 3.05) is 0 Å². The summed E-state index contributed by atoms with van der Waals surface area (Å²) in [7, 11) is 0. The van der Waals surface area contributed by atoms with Crippen LogP contribution in [-0.4, -0.2) is 11.3 Å². The first-order valence-electron chi connectivity index (χ1n) is 3.48. The number of aromatic nitrogens is 1. The van der Waals surface area contributed by atoms with Gasteiger partial charge in [-0.1, -0.05) is 23.2 Å². The average Bonchev–Trinajstić information content (AvgIpc) is 1.99. The second-order valence-corrected chi connectivity index (χ2v) is 3.10. The lowest BCUT2D eigenvalue weighted by molar-refractivity contribution is -0.107. The highest BCUT2D eigenvalue weighted by molar-refractivity contribution is 6.32. The van der Waals surface area contributed by atoms with Gasteiger partial charge in [-0.15, -0.1) is 0 Å². The number of nitrogens with zero attached hydrogens (tertiary/aromatic N) is 1. The highest BCUT2D eigenvalue weighted by Crippen LogP contribution is 2.15. The Hall–Kier alpha value is -0.600. The summed E-state index contributed by atoms with van der Waals surface area (Å²) in [4.78, 5) is 13.9. The lowest BCUT2D eigenvalue weighted by Crippen LogP contribution is -1.88. The van der Waals surface area contributed by atoms with Crippen molar-refractivity contribution in [2.24, 2.45) is 0 Å². The van der Waals surface area contributed by atoms with E-state index < -0.39 is 0 Å². The molecule has 64 valence electrons. The van der Waals surface area contributed by atoms with E-state index in [0.717, 1.165) is 11.8 Å².